The molecule has 0 bridgehead atoms. The standard InChI is InChI=1S/C22H34F2O5/c1-4-5-12-22(2,24)18(26)11-10-14-15(25)13-17-20(14)21(23)16(29-17)8-6-7-9-19(27)28-3/h6,8,10-11,14-18,20-21,25-26H,4-5,7,9,12-13H2,1-3H3/b8-6+,11-10+/t14-,15+,16+,17+,18+,20+,21?,22?/m0/s1. The number of esters is 1. The molecule has 0 aromatic rings. The summed E-state index contributed by atoms with van der Waals surface area (Å²) in [5.41, 5.74) is -1.76. The molecule has 5 nitrogen and oxygen atoms in total. The molecule has 1 aliphatic carbocycles. The predicted octanol–water partition coefficient (Wildman–Crippen LogP) is 3.43. The highest BCUT2D eigenvalue weighted by Gasteiger charge is 2.54. The third-order valence-electron chi connectivity index (χ3n) is 6.03. The molecule has 0 aromatic heterocycles. The molecule has 1 saturated carbocycles. The van der Waals surface area contributed by atoms with E-state index in [0.29, 0.717) is 19.3 Å². The average molecular weight is 417 g/mol. The van der Waals surface area contributed by atoms with Gasteiger partial charge in [-0.2, -0.15) is 0 Å². The SMILES string of the molecule is CCCCC(C)(F)[C@H](O)/C=C/[C@@H]1[C@H]2C(F)[C@@H](/C=C/CCC(=O)OC)O[C@@H]2C[C@H]1O. The number of methoxy groups -OCH3 is 1. The summed E-state index contributed by atoms with van der Waals surface area (Å²) in [6.07, 6.45) is 4.27. The van der Waals surface area contributed by atoms with Crippen LogP contribution >= 0.6 is 0 Å². The van der Waals surface area contributed by atoms with Crippen LogP contribution in [0.1, 0.15) is 52.4 Å². The quantitative estimate of drug-likeness (QED) is 0.422. The molecule has 0 amide bonds. The Balaban J connectivity index is 1.97. The first-order valence-electron chi connectivity index (χ1n) is 10.5. The largest absolute Gasteiger partial charge is 0.469 e. The Morgan fingerprint density at radius 2 is 2.14 bits per heavy atom. The molecule has 2 aliphatic rings. The molecule has 2 N–H and O–H groups in total. The van der Waals surface area contributed by atoms with Crippen LogP contribution in [0, 0.1) is 11.8 Å². The van der Waals surface area contributed by atoms with Crippen molar-refractivity contribution in [3.05, 3.63) is 24.3 Å². The molecule has 2 rings (SSSR count). The summed E-state index contributed by atoms with van der Waals surface area (Å²) < 4.78 is 39.9. The summed E-state index contributed by atoms with van der Waals surface area (Å²) in [5.74, 6) is -1.42. The topological polar surface area (TPSA) is 76.0 Å². The highest BCUT2D eigenvalue weighted by molar-refractivity contribution is 5.69. The van der Waals surface area contributed by atoms with E-state index in [1.165, 1.54) is 20.1 Å². The van der Waals surface area contributed by atoms with E-state index < -0.39 is 48.1 Å². The van der Waals surface area contributed by atoms with Crippen LogP contribution < -0.4 is 0 Å². The maximum Gasteiger partial charge on any atom is 0.305 e. The first-order chi connectivity index (χ1) is 13.7. The Bertz CT molecular complexity index is 592. The van der Waals surface area contributed by atoms with Gasteiger partial charge in [0.25, 0.3) is 0 Å². The normalized spacial score (nSPS) is 35.1. The van der Waals surface area contributed by atoms with Crippen molar-refractivity contribution < 1.29 is 33.3 Å². The summed E-state index contributed by atoms with van der Waals surface area (Å²) in [5, 5.41) is 20.5. The summed E-state index contributed by atoms with van der Waals surface area (Å²) in [4.78, 5) is 11.1. The lowest BCUT2D eigenvalue weighted by molar-refractivity contribution is -0.140. The Hall–Kier alpha value is -1.31. The summed E-state index contributed by atoms with van der Waals surface area (Å²) in [6.45, 7) is 3.31. The molecule has 1 saturated heterocycles. The van der Waals surface area contributed by atoms with E-state index >= 15 is 0 Å². The van der Waals surface area contributed by atoms with Crippen LogP contribution in [-0.4, -0.2) is 59.5 Å². The fourth-order valence-corrected chi connectivity index (χ4v) is 4.16. The number of aliphatic hydroxyl groups excluding tert-OH is 2. The number of hydrogen-bond acceptors (Lipinski definition) is 5. The number of carbonyl (C=O) groups is 1. The second kappa shape index (κ2) is 10.6. The maximum absolute atomic E-state index is 15.0. The minimum Gasteiger partial charge on any atom is -0.469 e. The Kier molecular flexibility index (Phi) is 8.79. The van der Waals surface area contributed by atoms with Crippen molar-refractivity contribution >= 4 is 5.97 Å². The number of ether oxygens (including phenoxy) is 2. The smallest absolute Gasteiger partial charge is 0.305 e. The molecule has 166 valence electrons. The van der Waals surface area contributed by atoms with Crippen LogP contribution in [0.4, 0.5) is 8.78 Å². The van der Waals surface area contributed by atoms with E-state index in [9.17, 15) is 23.8 Å². The lowest BCUT2D eigenvalue weighted by Crippen LogP contribution is -2.34. The Morgan fingerprint density at radius 3 is 2.79 bits per heavy atom. The molecule has 8 atom stereocenters. The van der Waals surface area contributed by atoms with Gasteiger partial charge in [0.05, 0.1) is 19.3 Å². The van der Waals surface area contributed by atoms with Crippen molar-refractivity contribution in [3.8, 4) is 0 Å². The van der Waals surface area contributed by atoms with E-state index in [-0.39, 0.29) is 18.8 Å². The van der Waals surface area contributed by atoms with E-state index in [1.54, 1.807) is 18.2 Å². The second-order valence-electron chi connectivity index (χ2n) is 8.30. The van der Waals surface area contributed by atoms with Crippen molar-refractivity contribution in [1.82, 2.24) is 0 Å². The first-order valence-corrected chi connectivity index (χ1v) is 10.5. The highest BCUT2D eigenvalue weighted by atomic mass is 19.1. The van der Waals surface area contributed by atoms with Crippen molar-refractivity contribution in [3.63, 3.8) is 0 Å². The Morgan fingerprint density at radius 1 is 1.41 bits per heavy atom. The van der Waals surface area contributed by atoms with Gasteiger partial charge in [0.2, 0.25) is 0 Å². The summed E-state index contributed by atoms with van der Waals surface area (Å²) >= 11 is 0. The number of carbonyl (C=O) groups excluding carboxylic acids is 1. The van der Waals surface area contributed by atoms with Crippen molar-refractivity contribution in [2.45, 2.75) is 88.6 Å². The number of allylic oxidation sites excluding steroid dienone is 1. The lowest BCUT2D eigenvalue weighted by Gasteiger charge is -2.25. The van der Waals surface area contributed by atoms with Gasteiger partial charge in [0.1, 0.15) is 24.0 Å². The van der Waals surface area contributed by atoms with Gasteiger partial charge in [-0.15, -0.1) is 0 Å². The molecule has 29 heavy (non-hydrogen) atoms. The zero-order valence-electron chi connectivity index (χ0n) is 17.5. The van der Waals surface area contributed by atoms with E-state index in [0.717, 1.165) is 6.42 Å². The zero-order chi connectivity index (χ0) is 21.6. The molecule has 1 aliphatic heterocycles. The van der Waals surface area contributed by atoms with Crippen LogP contribution in [-0.2, 0) is 14.3 Å². The molecule has 0 spiro atoms. The van der Waals surface area contributed by atoms with Gasteiger partial charge < -0.3 is 19.7 Å². The van der Waals surface area contributed by atoms with Crippen molar-refractivity contribution in [1.29, 1.82) is 0 Å². The monoisotopic (exact) mass is 416 g/mol. The van der Waals surface area contributed by atoms with Crippen molar-refractivity contribution in [2.75, 3.05) is 7.11 Å². The number of unbranched alkanes of at least 4 members (excludes halogenated alkanes) is 1. The molecule has 0 aromatic carbocycles. The first kappa shape index (κ1) is 24.0. The summed E-state index contributed by atoms with van der Waals surface area (Å²) in [7, 11) is 1.32. The minimum atomic E-state index is -1.76. The predicted molar refractivity (Wildman–Crippen MR) is 106 cm³/mol. The fourth-order valence-electron chi connectivity index (χ4n) is 4.16. The van der Waals surface area contributed by atoms with Gasteiger partial charge in [-0.05, 0) is 19.8 Å². The van der Waals surface area contributed by atoms with Gasteiger partial charge in [-0.25, -0.2) is 8.78 Å². The van der Waals surface area contributed by atoms with Gasteiger partial charge in [0.15, 0.2) is 0 Å². The third kappa shape index (κ3) is 6.09. The van der Waals surface area contributed by atoms with Crippen molar-refractivity contribution in [2.24, 2.45) is 11.8 Å². The molecule has 1 heterocycles. The lowest BCUT2D eigenvalue weighted by atomic mass is 9.87. The molecular weight excluding hydrogens is 382 g/mol. The van der Waals surface area contributed by atoms with E-state index in [2.05, 4.69) is 4.74 Å². The van der Waals surface area contributed by atoms with E-state index in [4.69, 9.17) is 4.74 Å². The van der Waals surface area contributed by atoms with Crippen LogP contribution in [0.25, 0.3) is 0 Å². The van der Waals surface area contributed by atoms with Crippen LogP contribution in [0.3, 0.4) is 0 Å². The van der Waals surface area contributed by atoms with Gasteiger partial charge in [-0.3, -0.25) is 4.79 Å². The summed E-state index contributed by atoms with van der Waals surface area (Å²) in [6, 6.07) is 0. The number of aliphatic hydroxyl groups is 2. The third-order valence-corrected chi connectivity index (χ3v) is 6.03. The Labute approximate surface area is 171 Å². The maximum atomic E-state index is 15.0. The van der Waals surface area contributed by atoms with Gasteiger partial charge in [0, 0.05) is 24.7 Å². The van der Waals surface area contributed by atoms with Crippen LogP contribution in [0.2, 0.25) is 0 Å². The molecule has 7 heteroatoms. The van der Waals surface area contributed by atoms with Crippen LogP contribution in [0.5, 0.6) is 0 Å². The number of rotatable bonds is 10. The number of halogens is 2. The van der Waals surface area contributed by atoms with Gasteiger partial charge >= 0.3 is 5.97 Å². The molecule has 0 radical (unpaired) electrons. The number of alkyl halides is 2. The van der Waals surface area contributed by atoms with Gasteiger partial charge in [-0.1, -0.05) is 44.1 Å². The molecular formula is C22H34F2O5. The molecule has 2 unspecified atom stereocenters. The second-order valence-corrected chi connectivity index (χ2v) is 8.30. The average Bonchev–Trinajstić information content (AvgIpc) is 3.16. The zero-order valence-corrected chi connectivity index (χ0v) is 17.5. The van der Waals surface area contributed by atoms with Crippen LogP contribution in [0.15, 0.2) is 24.3 Å². The van der Waals surface area contributed by atoms with E-state index in [1.807, 2.05) is 6.92 Å². The molecule has 2 fully saturated rings. The number of fused-ring (bicyclic) bond motifs is 1. The fraction of sp³-hybridized carbons (Fsp3) is 0.773. The number of hydrogen-bond donors (Lipinski definition) is 2. The highest BCUT2D eigenvalue weighted by Crippen LogP contribution is 2.46. The minimum absolute atomic E-state index is 0.214.